The van der Waals surface area contributed by atoms with Crippen LogP contribution in [0.2, 0.25) is 0 Å². The fraction of sp³-hybridized carbons (Fsp3) is 0.185. The Kier molecular flexibility index (Phi) is 7.95. The molecule has 3 aromatic carbocycles. The van der Waals surface area contributed by atoms with Gasteiger partial charge < -0.3 is 10.6 Å². The Labute approximate surface area is 207 Å². The molecule has 0 spiro atoms. The molecule has 4 aromatic rings. The number of fused-ring (bicyclic) bond motifs is 1. The zero-order valence-electron chi connectivity index (χ0n) is 19.4. The van der Waals surface area contributed by atoms with E-state index in [2.05, 4.69) is 15.6 Å². The highest BCUT2D eigenvalue weighted by Gasteiger charge is 2.14. The van der Waals surface area contributed by atoms with Crippen molar-refractivity contribution in [1.29, 1.82) is 0 Å². The Morgan fingerprint density at radius 3 is 2.40 bits per heavy atom. The molecule has 1 aromatic heterocycles. The summed E-state index contributed by atoms with van der Waals surface area (Å²) in [5.41, 5.74) is 2.55. The molecule has 35 heavy (non-hydrogen) atoms. The van der Waals surface area contributed by atoms with Crippen LogP contribution < -0.4 is 16.2 Å². The van der Waals surface area contributed by atoms with Crippen molar-refractivity contribution < 1.29 is 9.59 Å². The van der Waals surface area contributed by atoms with Crippen molar-refractivity contribution in [1.82, 2.24) is 14.9 Å². The second-order valence-corrected chi connectivity index (χ2v) is 8.90. The standard InChI is InChI=1S/C27H26N4O3S/c1-2-16-28-25(33)20-14-12-19(13-15-20)17-31-26(34)22-10-6-7-11-23(22)30-27(31)35-18-24(32)29-21-8-4-3-5-9-21/h3-15H,2,16-18H2,1H3,(H,28,33)(H,29,32). The average Bonchev–Trinajstić information content (AvgIpc) is 2.89. The Morgan fingerprint density at radius 1 is 0.943 bits per heavy atom. The van der Waals surface area contributed by atoms with Gasteiger partial charge in [0.25, 0.3) is 11.5 Å². The lowest BCUT2D eigenvalue weighted by Gasteiger charge is -2.14. The highest BCUT2D eigenvalue weighted by atomic mass is 32.2. The number of carbonyl (C=O) groups is 2. The normalized spacial score (nSPS) is 10.8. The molecule has 7 nitrogen and oxygen atoms in total. The molecule has 0 aliphatic heterocycles. The number of hydrogen-bond donors (Lipinski definition) is 2. The van der Waals surface area contributed by atoms with Crippen LogP contribution in [0.25, 0.3) is 10.9 Å². The first-order chi connectivity index (χ1) is 17.0. The van der Waals surface area contributed by atoms with Gasteiger partial charge in [-0.1, -0.05) is 61.2 Å². The number of thioether (sulfide) groups is 1. The molecule has 8 heteroatoms. The van der Waals surface area contributed by atoms with Crippen LogP contribution >= 0.6 is 11.8 Å². The third-order valence-corrected chi connectivity index (χ3v) is 6.29. The van der Waals surface area contributed by atoms with Gasteiger partial charge in [-0.2, -0.15) is 0 Å². The van der Waals surface area contributed by atoms with E-state index in [4.69, 9.17) is 0 Å². The quantitative estimate of drug-likeness (QED) is 0.272. The third-order valence-electron chi connectivity index (χ3n) is 5.31. The molecular formula is C27H26N4O3S. The van der Waals surface area contributed by atoms with Gasteiger partial charge in [-0.15, -0.1) is 0 Å². The van der Waals surface area contributed by atoms with Crippen molar-refractivity contribution in [2.24, 2.45) is 0 Å². The van der Waals surface area contributed by atoms with Crippen molar-refractivity contribution in [3.8, 4) is 0 Å². The summed E-state index contributed by atoms with van der Waals surface area (Å²) in [6.45, 7) is 2.90. The molecule has 0 aliphatic carbocycles. The van der Waals surface area contributed by atoms with E-state index in [1.165, 1.54) is 11.8 Å². The fourth-order valence-electron chi connectivity index (χ4n) is 3.53. The van der Waals surface area contributed by atoms with E-state index >= 15 is 0 Å². The van der Waals surface area contributed by atoms with Gasteiger partial charge in [-0.25, -0.2) is 4.98 Å². The zero-order valence-corrected chi connectivity index (χ0v) is 20.2. The molecule has 0 unspecified atom stereocenters. The highest BCUT2D eigenvalue weighted by Crippen LogP contribution is 2.20. The molecule has 1 heterocycles. The van der Waals surface area contributed by atoms with Crippen LogP contribution in [0.1, 0.15) is 29.3 Å². The van der Waals surface area contributed by atoms with E-state index < -0.39 is 0 Å². The maximum atomic E-state index is 13.3. The Hall–Kier alpha value is -3.91. The van der Waals surface area contributed by atoms with Gasteiger partial charge in [0.1, 0.15) is 0 Å². The average molecular weight is 487 g/mol. The predicted octanol–water partition coefficient (Wildman–Crippen LogP) is 4.32. The minimum atomic E-state index is -0.183. The molecule has 0 saturated heterocycles. The topological polar surface area (TPSA) is 93.1 Å². The molecule has 2 N–H and O–H groups in total. The minimum absolute atomic E-state index is 0.107. The zero-order chi connectivity index (χ0) is 24.6. The Balaban J connectivity index is 1.57. The lowest BCUT2D eigenvalue weighted by atomic mass is 10.1. The number of nitrogens with one attached hydrogen (secondary N) is 2. The summed E-state index contributed by atoms with van der Waals surface area (Å²) in [4.78, 5) is 42.7. The highest BCUT2D eigenvalue weighted by molar-refractivity contribution is 7.99. The van der Waals surface area contributed by atoms with Gasteiger partial charge in [-0.3, -0.25) is 19.0 Å². The van der Waals surface area contributed by atoms with Crippen molar-refractivity contribution in [2.75, 3.05) is 17.6 Å². The molecule has 0 aliphatic rings. The van der Waals surface area contributed by atoms with E-state index in [9.17, 15) is 14.4 Å². The van der Waals surface area contributed by atoms with Crippen LogP contribution in [0.3, 0.4) is 0 Å². The molecule has 0 saturated carbocycles. The maximum absolute atomic E-state index is 13.3. The summed E-state index contributed by atoms with van der Waals surface area (Å²) < 4.78 is 1.58. The molecule has 0 radical (unpaired) electrons. The molecule has 0 atom stereocenters. The van der Waals surface area contributed by atoms with E-state index in [1.54, 1.807) is 34.9 Å². The van der Waals surface area contributed by atoms with Crippen molar-refractivity contribution >= 4 is 40.2 Å². The number of amides is 2. The molecular weight excluding hydrogens is 460 g/mol. The van der Waals surface area contributed by atoms with E-state index in [0.717, 1.165) is 12.0 Å². The van der Waals surface area contributed by atoms with Crippen LogP contribution in [-0.2, 0) is 11.3 Å². The number of para-hydroxylation sites is 2. The van der Waals surface area contributed by atoms with Gasteiger partial charge in [0.05, 0.1) is 23.2 Å². The summed E-state index contributed by atoms with van der Waals surface area (Å²) >= 11 is 1.22. The van der Waals surface area contributed by atoms with Crippen LogP contribution in [0.15, 0.2) is 88.8 Å². The lowest BCUT2D eigenvalue weighted by molar-refractivity contribution is -0.113. The monoisotopic (exact) mass is 486 g/mol. The predicted molar refractivity (Wildman–Crippen MR) is 140 cm³/mol. The van der Waals surface area contributed by atoms with Crippen molar-refractivity contribution in [3.63, 3.8) is 0 Å². The second kappa shape index (κ2) is 11.5. The molecule has 4 rings (SSSR count). The third kappa shape index (κ3) is 6.16. The van der Waals surface area contributed by atoms with E-state index in [1.807, 2.05) is 55.5 Å². The molecule has 178 valence electrons. The van der Waals surface area contributed by atoms with Crippen LogP contribution in [-0.4, -0.2) is 33.7 Å². The van der Waals surface area contributed by atoms with Gasteiger partial charge in [0, 0.05) is 17.8 Å². The summed E-state index contributed by atoms with van der Waals surface area (Å²) in [6.07, 6.45) is 0.867. The second-order valence-electron chi connectivity index (χ2n) is 7.96. The maximum Gasteiger partial charge on any atom is 0.262 e. The molecule has 0 fully saturated rings. The van der Waals surface area contributed by atoms with Gasteiger partial charge >= 0.3 is 0 Å². The van der Waals surface area contributed by atoms with Crippen molar-refractivity contribution in [2.45, 2.75) is 25.0 Å². The van der Waals surface area contributed by atoms with Crippen LogP contribution in [0, 0.1) is 0 Å². The van der Waals surface area contributed by atoms with E-state index in [0.29, 0.717) is 33.9 Å². The molecule has 0 bridgehead atoms. The number of nitrogens with zero attached hydrogens (tertiary/aromatic N) is 2. The first-order valence-corrected chi connectivity index (χ1v) is 12.4. The summed E-state index contributed by atoms with van der Waals surface area (Å²) in [5, 5.41) is 6.68. The summed E-state index contributed by atoms with van der Waals surface area (Å²) in [6, 6.07) is 23.6. The van der Waals surface area contributed by atoms with E-state index in [-0.39, 0.29) is 29.7 Å². The summed E-state index contributed by atoms with van der Waals surface area (Å²) in [5.74, 6) is -0.197. The van der Waals surface area contributed by atoms with Crippen molar-refractivity contribution in [3.05, 3.63) is 100 Å². The Bertz CT molecular complexity index is 1390. The van der Waals surface area contributed by atoms with Gasteiger partial charge in [-0.05, 0) is 48.4 Å². The largest absolute Gasteiger partial charge is 0.352 e. The summed E-state index contributed by atoms with van der Waals surface area (Å²) in [7, 11) is 0. The number of anilines is 1. The number of hydrogen-bond acceptors (Lipinski definition) is 5. The Morgan fingerprint density at radius 2 is 1.66 bits per heavy atom. The van der Waals surface area contributed by atoms with Gasteiger partial charge in [0.2, 0.25) is 5.91 Å². The number of rotatable bonds is 9. The SMILES string of the molecule is CCCNC(=O)c1ccc(Cn2c(SCC(=O)Nc3ccccc3)nc3ccccc3c2=O)cc1. The lowest BCUT2D eigenvalue weighted by Crippen LogP contribution is -2.25. The first kappa shape index (κ1) is 24.2. The number of benzene rings is 3. The van der Waals surface area contributed by atoms with Crippen LogP contribution in [0.5, 0.6) is 0 Å². The number of carbonyl (C=O) groups excluding carboxylic acids is 2. The van der Waals surface area contributed by atoms with Crippen LogP contribution in [0.4, 0.5) is 5.69 Å². The van der Waals surface area contributed by atoms with Gasteiger partial charge in [0.15, 0.2) is 5.16 Å². The molecule has 2 amide bonds. The first-order valence-electron chi connectivity index (χ1n) is 11.4. The smallest absolute Gasteiger partial charge is 0.262 e. The minimum Gasteiger partial charge on any atom is -0.352 e. The number of aromatic nitrogens is 2. The fourth-order valence-corrected chi connectivity index (χ4v) is 4.33.